The van der Waals surface area contributed by atoms with Gasteiger partial charge in [0.2, 0.25) is 0 Å². The minimum absolute atomic E-state index is 0.103. The summed E-state index contributed by atoms with van der Waals surface area (Å²) >= 11 is 0. The maximum absolute atomic E-state index is 12.7. The van der Waals surface area contributed by atoms with Crippen LogP contribution in [0.25, 0.3) is 0 Å². The van der Waals surface area contributed by atoms with Crippen molar-refractivity contribution in [2.24, 2.45) is 5.92 Å². The molecule has 1 aliphatic heterocycles. The van der Waals surface area contributed by atoms with Gasteiger partial charge in [-0.3, -0.25) is 0 Å². The first-order valence-corrected chi connectivity index (χ1v) is 12.3. The quantitative estimate of drug-likeness (QED) is 0.454. The number of hydrogen-bond donors (Lipinski definition) is 1. The molecule has 184 valence electrons. The molecule has 3 aromatic carbocycles. The number of nitrogens with zero attached hydrogens (tertiary/aromatic N) is 1. The topological polar surface area (TPSA) is 67.9 Å². The molecule has 2 amide bonds. The molecule has 0 aromatic heterocycles. The summed E-state index contributed by atoms with van der Waals surface area (Å²) in [6.45, 7) is 1.31. The Balaban J connectivity index is 1.12. The molecule has 0 bridgehead atoms. The molecule has 1 saturated heterocycles. The molecule has 0 unspecified atom stereocenters. The van der Waals surface area contributed by atoms with Crippen molar-refractivity contribution in [3.05, 3.63) is 119 Å². The highest BCUT2D eigenvalue weighted by Crippen LogP contribution is 2.37. The number of likely N-dealkylation sites (tertiary alicyclic amines) is 1. The van der Waals surface area contributed by atoms with Crippen LogP contribution in [0.15, 0.2) is 97.1 Å². The van der Waals surface area contributed by atoms with Gasteiger partial charge in [-0.15, -0.1) is 0 Å². The fourth-order valence-corrected chi connectivity index (χ4v) is 4.95. The highest BCUT2D eigenvalue weighted by atomic mass is 16.6. The van der Waals surface area contributed by atoms with Gasteiger partial charge in [0.05, 0.1) is 12.1 Å². The number of nitrogens with one attached hydrogen (secondary N) is 1. The molecule has 3 aromatic rings. The van der Waals surface area contributed by atoms with Crippen LogP contribution in [-0.2, 0) is 29.1 Å². The van der Waals surface area contributed by atoms with Crippen LogP contribution in [0.3, 0.4) is 0 Å². The molecule has 0 saturated carbocycles. The average Bonchev–Trinajstić information content (AvgIpc) is 3.45. The zero-order chi connectivity index (χ0) is 24.8. The number of amides is 2. The van der Waals surface area contributed by atoms with E-state index in [2.05, 4.69) is 35.7 Å². The van der Waals surface area contributed by atoms with Crippen LogP contribution in [0, 0.1) is 5.92 Å². The minimum atomic E-state index is -0.623. The van der Waals surface area contributed by atoms with E-state index in [4.69, 9.17) is 9.47 Å². The number of benzene rings is 3. The lowest BCUT2D eigenvalue weighted by molar-refractivity contribution is 0.100. The number of carbonyl (C=O) groups is 2. The first-order valence-electron chi connectivity index (χ1n) is 12.3. The maximum Gasteiger partial charge on any atom is 0.410 e. The van der Waals surface area contributed by atoms with Crippen LogP contribution in [0.5, 0.6) is 0 Å². The SMILES string of the molecule is O=C(N[C@]12C=CC[C@H]1CN(C(=O)OCc1ccccc1)C2)OCc1ccc(Cc2ccccc2)cc1. The molecule has 0 radical (unpaired) electrons. The van der Waals surface area contributed by atoms with Crippen molar-refractivity contribution >= 4 is 12.2 Å². The van der Waals surface area contributed by atoms with E-state index in [9.17, 15) is 9.59 Å². The molecule has 6 heteroatoms. The molecule has 1 aliphatic carbocycles. The lowest BCUT2D eigenvalue weighted by Gasteiger charge is -2.28. The number of alkyl carbamates (subject to hydrolysis) is 1. The smallest absolute Gasteiger partial charge is 0.410 e. The molecule has 36 heavy (non-hydrogen) atoms. The van der Waals surface area contributed by atoms with Crippen LogP contribution in [0.1, 0.15) is 28.7 Å². The Bertz CT molecular complexity index is 1210. The summed E-state index contributed by atoms with van der Waals surface area (Å²) in [5.74, 6) is 0.103. The lowest BCUT2D eigenvalue weighted by Crippen LogP contribution is -2.51. The van der Waals surface area contributed by atoms with E-state index in [1.807, 2.05) is 66.7 Å². The molecule has 2 aliphatic rings. The fraction of sp³-hybridized carbons (Fsp3) is 0.267. The molecule has 1 N–H and O–H groups in total. The molecular formula is C30H30N2O4. The normalized spacial score (nSPS) is 20.1. The molecule has 5 rings (SSSR count). The first-order chi connectivity index (χ1) is 17.6. The van der Waals surface area contributed by atoms with Crippen molar-refractivity contribution in [2.75, 3.05) is 13.1 Å². The summed E-state index contributed by atoms with van der Waals surface area (Å²) < 4.78 is 11.0. The second-order valence-electron chi connectivity index (χ2n) is 9.48. The van der Waals surface area contributed by atoms with E-state index >= 15 is 0 Å². The van der Waals surface area contributed by atoms with Gasteiger partial charge >= 0.3 is 12.2 Å². The summed E-state index contributed by atoms with van der Waals surface area (Å²) in [7, 11) is 0. The van der Waals surface area contributed by atoms with Gasteiger partial charge in [-0.05, 0) is 35.1 Å². The van der Waals surface area contributed by atoms with E-state index in [1.165, 1.54) is 11.1 Å². The van der Waals surface area contributed by atoms with Crippen LogP contribution < -0.4 is 5.32 Å². The van der Waals surface area contributed by atoms with Crippen LogP contribution in [0.2, 0.25) is 0 Å². The highest BCUT2D eigenvalue weighted by Gasteiger charge is 2.50. The van der Waals surface area contributed by atoms with Crippen LogP contribution in [-0.4, -0.2) is 35.7 Å². The number of hydrogen-bond acceptors (Lipinski definition) is 4. The van der Waals surface area contributed by atoms with Crippen LogP contribution >= 0.6 is 0 Å². The summed E-state index contributed by atoms with van der Waals surface area (Å²) in [5, 5.41) is 3.03. The van der Waals surface area contributed by atoms with E-state index in [1.54, 1.807) is 4.90 Å². The van der Waals surface area contributed by atoms with Gasteiger partial charge in [-0.1, -0.05) is 97.1 Å². The van der Waals surface area contributed by atoms with E-state index < -0.39 is 11.6 Å². The highest BCUT2D eigenvalue weighted by molar-refractivity contribution is 5.72. The number of allylic oxidation sites excluding steroid dienone is 1. The number of fused-ring (bicyclic) bond motifs is 1. The predicted octanol–water partition coefficient (Wildman–Crippen LogP) is 5.47. The second-order valence-corrected chi connectivity index (χ2v) is 9.48. The van der Waals surface area contributed by atoms with E-state index in [-0.39, 0.29) is 25.2 Å². The lowest BCUT2D eigenvalue weighted by atomic mass is 9.91. The monoisotopic (exact) mass is 482 g/mol. The van der Waals surface area contributed by atoms with Gasteiger partial charge in [-0.2, -0.15) is 0 Å². The van der Waals surface area contributed by atoms with E-state index in [0.29, 0.717) is 13.1 Å². The maximum atomic E-state index is 12.7. The van der Waals surface area contributed by atoms with Gasteiger partial charge in [0.25, 0.3) is 0 Å². The second kappa shape index (κ2) is 10.7. The minimum Gasteiger partial charge on any atom is -0.445 e. The van der Waals surface area contributed by atoms with E-state index in [0.717, 1.165) is 24.0 Å². The standard InChI is InChI=1S/C30H30N2O4/c33-28(35-20-26-15-13-24(14-16-26)18-23-8-3-1-4-9-23)31-30-17-7-12-27(30)19-32(22-30)29(34)36-21-25-10-5-2-6-11-25/h1-11,13-17,27H,12,18-22H2,(H,31,33)/t27-,30-/m0/s1. The molecule has 6 nitrogen and oxygen atoms in total. The van der Waals surface area contributed by atoms with Gasteiger partial charge in [0.15, 0.2) is 0 Å². The molecule has 1 heterocycles. The largest absolute Gasteiger partial charge is 0.445 e. The molecular weight excluding hydrogens is 452 g/mol. The third kappa shape index (κ3) is 5.60. The van der Waals surface area contributed by atoms with Gasteiger partial charge in [-0.25, -0.2) is 9.59 Å². The number of rotatable bonds is 7. The van der Waals surface area contributed by atoms with Crippen LogP contribution in [0.4, 0.5) is 9.59 Å². The van der Waals surface area contributed by atoms with Gasteiger partial charge < -0.3 is 19.7 Å². The van der Waals surface area contributed by atoms with Crippen molar-refractivity contribution in [1.82, 2.24) is 10.2 Å². The molecule has 2 atom stereocenters. The van der Waals surface area contributed by atoms with Crippen molar-refractivity contribution in [2.45, 2.75) is 31.6 Å². The Hall–Kier alpha value is -4.06. The third-order valence-electron chi connectivity index (χ3n) is 6.90. The fourth-order valence-electron chi connectivity index (χ4n) is 4.95. The Kier molecular flexibility index (Phi) is 7.03. The molecule has 0 spiro atoms. The Morgan fingerprint density at radius 1 is 0.806 bits per heavy atom. The summed E-state index contributed by atoms with van der Waals surface area (Å²) in [4.78, 5) is 27.0. The first kappa shape index (κ1) is 23.7. The summed E-state index contributed by atoms with van der Waals surface area (Å²) in [6, 6.07) is 28.0. The van der Waals surface area contributed by atoms with Crippen molar-refractivity contribution in [3.63, 3.8) is 0 Å². The van der Waals surface area contributed by atoms with Crippen molar-refractivity contribution in [1.29, 1.82) is 0 Å². The van der Waals surface area contributed by atoms with Crippen molar-refractivity contribution in [3.8, 4) is 0 Å². The zero-order valence-electron chi connectivity index (χ0n) is 20.1. The molecule has 1 fully saturated rings. The Morgan fingerprint density at radius 3 is 2.11 bits per heavy atom. The number of carbonyl (C=O) groups excluding carboxylic acids is 2. The summed E-state index contributed by atoms with van der Waals surface area (Å²) in [5.41, 5.74) is 3.71. The third-order valence-corrected chi connectivity index (χ3v) is 6.90. The Morgan fingerprint density at radius 2 is 1.39 bits per heavy atom. The summed E-state index contributed by atoms with van der Waals surface area (Å²) in [6.07, 6.45) is 4.85. The average molecular weight is 483 g/mol. The van der Waals surface area contributed by atoms with Crippen molar-refractivity contribution < 1.29 is 19.1 Å². The van der Waals surface area contributed by atoms with Gasteiger partial charge in [0, 0.05) is 12.5 Å². The zero-order valence-corrected chi connectivity index (χ0v) is 20.1. The van der Waals surface area contributed by atoms with Gasteiger partial charge in [0.1, 0.15) is 13.2 Å². The Labute approximate surface area is 211 Å². The predicted molar refractivity (Wildman–Crippen MR) is 137 cm³/mol. The number of ether oxygens (including phenoxy) is 2.